The Morgan fingerprint density at radius 1 is 0.940 bits per heavy atom. The number of pyridine rings is 1. The molecule has 12 nitrogen and oxygen atoms in total. The molecule has 4 heterocycles. The first-order chi connectivity index (χ1) is 24.0. The molecule has 3 aromatic rings. The summed E-state index contributed by atoms with van der Waals surface area (Å²) in [6.07, 6.45) is 6.32. The third-order valence-electron chi connectivity index (χ3n) is 9.30. The maximum atomic E-state index is 12.2. The van der Waals surface area contributed by atoms with E-state index in [4.69, 9.17) is 28.4 Å². The van der Waals surface area contributed by atoms with Gasteiger partial charge in [0.2, 0.25) is 11.6 Å². The van der Waals surface area contributed by atoms with Crippen molar-refractivity contribution in [3.63, 3.8) is 0 Å². The van der Waals surface area contributed by atoms with Crippen LogP contribution in [0.3, 0.4) is 0 Å². The number of methoxy groups -OCH3 is 3. The number of fused-ring (bicyclic) bond motifs is 5. The zero-order valence-corrected chi connectivity index (χ0v) is 30.5. The third kappa shape index (κ3) is 8.79. The number of benzene rings is 2. The van der Waals surface area contributed by atoms with Crippen molar-refractivity contribution in [1.82, 2.24) is 16.0 Å². The van der Waals surface area contributed by atoms with E-state index in [0.717, 1.165) is 65.8 Å². The van der Waals surface area contributed by atoms with Crippen LogP contribution in [0.15, 0.2) is 36.5 Å². The molecule has 0 radical (unpaired) electrons. The fourth-order valence-electron chi connectivity index (χ4n) is 6.82. The number of aromatic nitrogens is 1. The highest BCUT2D eigenvalue weighted by Crippen LogP contribution is 2.40. The summed E-state index contributed by atoms with van der Waals surface area (Å²) >= 11 is 1.90. The van der Waals surface area contributed by atoms with Crippen LogP contribution in [0.4, 0.5) is 4.79 Å². The Kier molecular flexibility index (Phi) is 13.6. The second-order valence-corrected chi connectivity index (χ2v) is 13.6. The van der Waals surface area contributed by atoms with Crippen molar-refractivity contribution in [3.8, 4) is 34.3 Å². The van der Waals surface area contributed by atoms with Gasteiger partial charge in [-0.3, -0.25) is 4.79 Å². The Labute approximate surface area is 303 Å². The molecular formula is C36H47ClN4O8S. The molecule has 0 saturated carbocycles. The lowest BCUT2D eigenvalue weighted by atomic mass is 9.95. The van der Waals surface area contributed by atoms with Crippen LogP contribution in [0.1, 0.15) is 31.2 Å². The number of ether oxygens (including phenoxy) is 6. The highest BCUT2D eigenvalue weighted by molar-refractivity contribution is 8.00. The number of hydrogen-bond donors (Lipinski definition) is 3. The molecule has 2 saturated heterocycles. The molecule has 14 heteroatoms. The van der Waals surface area contributed by atoms with Gasteiger partial charge < -0.3 is 56.8 Å². The van der Waals surface area contributed by atoms with Gasteiger partial charge in [-0.15, -0.1) is 0 Å². The topological polar surface area (TPSA) is 129 Å². The summed E-state index contributed by atoms with van der Waals surface area (Å²) in [5.74, 6) is 3.82. The van der Waals surface area contributed by atoms with Gasteiger partial charge in [-0.2, -0.15) is 16.3 Å². The van der Waals surface area contributed by atoms with E-state index in [1.807, 2.05) is 17.8 Å². The van der Waals surface area contributed by atoms with E-state index in [0.29, 0.717) is 68.5 Å². The Balaban J connectivity index is 0.00000486. The fourth-order valence-corrected chi connectivity index (χ4v) is 8.36. The Morgan fingerprint density at radius 2 is 1.74 bits per heavy atom. The van der Waals surface area contributed by atoms with Gasteiger partial charge >= 0.3 is 6.03 Å². The highest BCUT2D eigenvalue weighted by atomic mass is 35.5. The molecule has 3 N–H and O–H groups in total. The van der Waals surface area contributed by atoms with Crippen LogP contribution in [0.25, 0.3) is 22.0 Å². The van der Waals surface area contributed by atoms with Crippen molar-refractivity contribution >= 4 is 34.5 Å². The number of halogens is 1. The molecule has 6 rings (SSSR count). The SMILES string of the molecule is COc1cc2c(cc1OCCOCCOCCNC(=O)CCCC[C@@H]1SC[C@@H]3NC(=O)N[C@@H]31)CC[n+]1cc3c(OC)c(OC)ccc3cc1-2.[Cl-]. The van der Waals surface area contributed by atoms with Crippen molar-refractivity contribution in [3.05, 3.63) is 42.1 Å². The summed E-state index contributed by atoms with van der Waals surface area (Å²) in [4.78, 5) is 23.7. The average Bonchev–Trinajstić information content (AvgIpc) is 3.67. The molecule has 272 valence electrons. The number of carbonyl (C=O) groups is 2. The van der Waals surface area contributed by atoms with Crippen LogP contribution in [-0.2, 0) is 27.2 Å². The fraction of sp³-hybridized carbons (Fsp3) is 0.528. The second-order valence-electron chi connectivity index (χ2n) is 12.4. The van der Waals surface area contributed by atoms with Crippen LogP contribution >= 0.6 is 11.8 Å². The van der Waals surface area contributed by atoms with Gasteiger partial charge in [0.15, 0.2) is 35.7 Å². The maximum absolute atomic E-state index is 12.2. The number of carbonyl (C=O) groups excluding carboxylic acids is 2. The third-order valence-corrected chi connectivity index (χ3v) is 10.8. The first-order valence-corrected chi connectivity index (χ1v) is 18.1. The first kappa shape index (κ1) is 37.6. The summed E-state index contributed by atoms with van der Waals surface area (Å²) in [5.41, 5.74) is 3.43. The van der Waals surface area contributed by atoms with Gasteiger partial charge in [0, 0.05) is 36.5 Å². The minimum Gasteiger partial charge on any atom is -1.00 e. The minimum absolute atomic E-state index is 0. The lowest BCUT2D eigenvalue weighted by Crippen LogP contribution is -3.00. The number of aryl methyl sites for hydroxylation is 2. The molecule has 0 aliphatic carbocycles. The summed E-state index contributed by atoms with van der Waals surface area (Å²) in [5, 5.41) is 11.4. The molecule has 0 spiro atoms. The Bertz CT molecular complexity index is 1650. The molecular weight excluding hydrogens is 684 g/mol. The van der Waals surface area contributed by atoms with Gasteiger partial charge in [0.1, 0.15) is 6.61 Å². The number of unbranched alkanes of at least 4 members (excludes halogenated alkanes) is 1. The predicted octanol–water partition coefficient (Wildman–Crippen LogP) is 0.634. The van der Waals surface area contributed by atoms with Crippen molar-refractivity contribution in [1.29, 1.82) is 0 Å². The Morgan fingerprint density at radius 3 is 2.54 bits per heavy atom. The van der Waals surface area contributed by atoms with E-state index >= 15 is 0 Å². The predicted molar refractivity (Wildman–Crippen MR) is 187 cm³/mol. The lowest BCUT2D eigenvalue weighted by Gasteiger charge is -2.19. The highest BCUT2D eigenvalue weighted by Gasteiger charge is 2.42. The molecule has 3 aliphatic rings. The summed E-state index contributed by atoms with van der Waals surface area (Å²) in [6.45, 7) is 3.42. The standard InChI is InChI=1S/C36H46N4O8S.ClH/c1-43-29-9-8-23-18-28-25-20-30(44-2)31(19-24(25)10-12-40(28)21-26(23)35(29)45-3)48-17-16-47-15-14-46-13-11-37-33(41)7-5-4-6-32-34-27(22-49-32)38-36(42)39-34;/h8-9,18-21,27,32,34H,4-7,10-17,22H2,1-3H3,(H2-,37,38,39,41,42);1H/t27-,32-,34-;/m0./s1. The van der Waals surface area contributed by atoms with Crippen molar-refractivity contribution < 1.29 is 55.0 Å². The zero-order valence-electron chi connectivity index (χ0n) is 28.9. The van der Waals surface area contributed by atoms with Gasteiger partial charge in [-0.05, 0) is 48.1 Å². The first-order valence-electron chi connectivity index (χ1n) is 17.0. The molecule has 50 heavy (non-hydrogen) atoms. The van der Waals surface area contributed by atoms with Gasteiger partial charge in [0.25, 0.3) is 0 Å². The average molecular weight is 731 g/mol. The van der Waals surface area contributed by atoms with Crippen LogP contribution in [0, 0.1) is 0 Å². The van der Waals surface area contributed by atoms with E-state index in [1.54, 1.807) is 21.3 Å². The van der Waals surface area contributed by atoms with Crippen LogP contribution in [-0.4, -0.2) is 95.9 Å². The maximum Gasteiger partial charge on any atom is 0.315 e. The van der Waals surface area contributed by atoms with Crippen LogP contribution in [0.2, 0.25) is 0 Å². The zero-order chi connectivity index (χ0) is 34.2. The normalized spacial score (nSPS) is 18.6. The molecule has 1 aromatic heterocycles. The number of nitrogens with zero attached hydrogens (tertiary/aromatic N) is 1. The van der Waals surface area contributed by atoms with Gasteiger partial charge in [0.05, 0.1) is 70.8 Å². The van der Waals surface area contributed by atoms with Gasteiger partial charge in [-0.25, -0.2) is 4.79 Å². The number of thioether (sulfide) groups is 1. The lowest BCUT2D eigenvalue weighted by molar-refractivity contribution is -0.686. The molecule has 3 amide bonds. The van der Waals surface area contributed by atoms with Crippen LogP contribution < -0.4 is 51.9 Å². The Hall–Kier alpha value is -3.65. The molecule has 0 bridgehead atoms. The quantitative estimate of drug-likeness (QED) is 0.0982. The number of nitrogens with one attached hydrogen (secondary N) is 3. The van der Waals surface area contributed by atoms with E-state index in [2.05, 4.69) is 51.0 Å². The smallest absolute Gasteiger partial charge is 0.315 e. The van der Waals surface area contributed by atoms with Gasteiger partial charge in [-0.1, -0.05) is 6.42 Å². The number of hydrogen-bond acceptors (Lipinski definition) is 9. The van der Waals surface area contributed by atoms with E-state index in [1.165, 1.54) is 5.56 Å². The molecule has 0 unspecified atom stereocenters. The summed E-state index contributed by atoms with van der Waals surface area (Å²) < 4.78 is 36.5. The molecule has 2 fully saturated rings. The van der Waals surface area contributed by atoms with Crippen molar-refractivity contribution in [2.75, 3.05) is 66.7 Å². The summed E-state index contributed by atoms with van der Waals surface area (Å²) in [7, 11) is 4.97. The number of amides is 3. The van der Waals surface area contributed by atoms with E-state index in [9.17, 15) is 9.59 Å². The number of urea groups is 1. The van der Waals surface area contributed by atoms with E-state index < -0.39 is 0 Å². The monoisotopic (exact) mass is 730 g/mol. The van der Waals surface area contributed by atoms with Crippen molar-refractivity contribution in [2.45, 2.75) is 56.0 Å². The molecule has 3 aliphatic heterocycles. The van der Waals surface area contributed by atoms with Crippen LogP contribution in [0.5, 0.6) is 23.0 Å². The molecule has 2 aromatic carbocycles. The second kappa shape index (κ2) is 18.0. The summed E-state index contributed by atoms with van der Waals surface area (Å²) in [6, 6.07) is 10.7. The largest absolute Gasteiger partial charge is 1.00 e. The van der Waals surface area contributed by atoms with Crippen molar-refractivity contribution in [2.24, 2.45) is 0 Å². The minimum atomic E-state index is -0.0595. The number of rotatable bonds is 18. The molecule has 3 atom stereocenters. The van der Waals surface area contributed by atoms with E-state index in [-0.39, 0.29) is 36.4 Å².